The second-order valence-electron chi connectivity index (χ2n) is 4.08. The average Bonchev–Trinajstić information content (AvgIpc) is 2.33. The second-order valence-corrected chi connectivity index (χ2v) is 4.08. The highest BCUT2D eigenvalue weighted by Gasteiger charge is 2.08. The van der Waals surface area contributed by atoms with Crippen molar-refractivity contribution in [3.05, 3.63) is 0 Å². The molecule has 17 heavy (non-hydrogen) atoms. The van der Waals surface area contributed by atoms with E-state index in [1.807, 2.05) is 0 Å². The topological polar surface area (TPSA) is 76.8 Å². The van der Waals surface area contributed by atoms with Crippen molar-refractivity contribution in [2.45, 2.75) is 6.42 Å². The summed E-state index contributed by atoms with van der Waals surface area (Å²) in [6.45, 7) is 7.29. The van der Waals surface area contributed by atoms with Gasteiger partial charge in [0.2, 0.25) is 5.91 Å². The maximum absolute atomic E-state index is 10.4. The van der Waals surface area contributed by atoms with Gasteiger partial charge in [0.25, 0.3) is 0 Å². The molecule has 100 valence electrons. The number of hydrogen-bond acceptors (Lipinski definition) is 5. The highest BCUT2D eigenvalue weighted by molar-refractivity contribution is 5.74. The number of nitrogens with zero attached hydrogens (tertiary/aromatic N) is 1. The maximum atomic E-state index is 10.4. The van der Waals surface area contributed by atoms with Crippen LogP contribution in [0.4, 0.5) is 0 Å². The molecule has 1 amide bonds. The third-order valence-electron chi connectivity index (χ3n) is 2.58. The molecular formula is C11H23N3O3. The van der Waals surface area contributed by atoms with Crippen LogP contribution in [-0.4, -0.2) is 70.0 Å². The summed E-state index contributed by atoms with van der Waals surface area (Å²) in [5, 5.41) is 3.31. The van der Waals surface area contributed by atoms with E-state index in [2.05, 4.69) is 10.2 Å². The molecule has 0 atom stereocenters. The molecule has 6 heteroatoms. The van der Waals surface area contributed by atoms with E-state index in [0.717, 1.165) is 45.8 Å². The number of amides is 1. The summed E-state index contributed by atoms with van der Waals surface area (Å²) in [6.07, 6.45) is 0.800. The van der Waals surface area contributed by atoms with E-state index in [1.54, 1.807) is 0 Å². The van der Waals surface area contributed by atoms with Crippen LogP contribution in [0.3, 0.4) is 0 Å². The molecule has 6 nitrogen and oxygen atoms in total. The van der Waals surface area contributed by atoms with Crippen molar-refractivity contribution in [3.8, 4) is 0 Å². The van der Waals surface area contributed by atoms with Crippen molar-refractivity contribution in [1.82, 2.24) is 10.2 Å². The predicted molar refractivity (Wildman–Crippen MR) is 64.8 cm³/mol. The summed E-state index contributed by atoms with van der Waals surface area (Å²) in [5.74, 6) is -0.426. The summed E-state index contributed by atoms with van der Waals surface area (Å²) in [4.78, 5) is 12.8. The molecule has 1 saturated heterocycles. The van der Waals surface area contributed by atoms with E-state index in [9.17, 15) is 4.79 Å². The first-order chi connectivity index (χ1) is 8.29. The van der Waals surface area contributed by atoms with Crippen molar-refractivity contribution in [2.75, 3.05) is 59.2 Å². The minimum atomic E-state index is -0.426. The fraction of sp³-hybridized carbons (Fsp3) is 0.909. The third kappa shape index (κ3) is 8.09. The maximum Gasteiger partial charge on any atom is 0.243 e. The largest absolute Gasteiger partial charge is 0.380 e. The standard InChI is InChI=1S/C11H23N3O3/c12-11(15)10-17-8-1-7-16-9-6-14-4-2-13-3-5-14/h13H,1-10H2,(H2,12,15). The molecule has 1 fully saturated rings. The van der Waals surface area contributed by atoms with Crippen LogP contribution >= 0.6 is 0 Å². The normalized spacial score (nSPS) is 17.2. The summed E-state index contributed by atoms with van der Waals surface area (Å²) in [5.41, 5.74) is 4.93. The molecule has 0 aromatic heterocycles. The molecule has 0 unspecified atom stereocenters. The van der Waals surface area contributed by atoms with Gasteiger partial charge < -0.3 is 20.5 Å². The number of piperazine rings is 1. The Hall–Kier alpha value is -0.690. The van der Waals surface area contributed by atoms with Gasteiger partial charge in [-0.15, -0.1) is 0 Å². The highest BCUT2D eigenvalue weighted by Crippen LogP contribution is 1.92. The number of ether oxygens (including phenoxy) is 2. The Morgan fingerprint density at radius 2 is 1.88 bits per heavy atom. The monoisotopic (exact) mass is 245 g/mol. The molecule has 0 bridgehead atoms. The molecule has 0 radical (unpaired) electrons. The molecule has 1 aliphatic heterocycles. The van der Waals surface area contributed by atoms with Gasteiger partial charge in [-0.05, 0) is 6.42 Å². The van der Waals surface area contributed by atoms with Crippen LogP contribution in [0.2, 0.25) is 0 Å². The fourth-order valence-corrected chi connectivity index (χ4v) is 1.67. The van der Waals surface area contributed by atoms with Crippen molar-refractivity contribution in [1.29, 1.82) is 0 Å². The molecule has 0 aromatic carbocycles. The first kappa shape index (κ1) is 14.4. The van der Waals surface area contributed by atoms with Crippen LogP contribution in [0.25, 0.3) is 0 Å². The summed E-state index contributed by atoms with van der Waals surface area (Å²) >= 11 is 0. The number of carbonyl (C=O) groups excluding carboxylic acids is 1. The van der Waals surface area contributed by atoms with Crippen molar-refractivity contribution < 1.29 is 14.3 Å². The van der Waals surface area contributed by atoms with E-state index < -0.39 is 5.91 Å². The van der Waals surface area contributed by atoms with E-state index in [0.29, 0.717) is 13.2 Å². The molecule has 0 spiro atoms. The van der Waals surface area contributed by atoms with E-state index in [1.165, 1.54) is 0 Å². The summed E-state index contributed by atoms with van der Waals surface area (Å²) in [6, 6.07) is 0. The van der Waals surface area contributed by atoms with Crippen LogP contribution in [0, 0.1) is 0 Å². The predicted octanol–water partition coefficient (Wildman–Crippen LogP) is -1.20. The lowest BCUT2D eigenvalue weighted by Gasteiger charge is -2.26. The molecule has 0 saturated carbocycles. The zero-order valence-electron chi connectivity index (χ0n) is 10.3. The van der Waals surface area contributed by atoms with E-state index >= 15 is 0 Å². The van der Waals surface area contributed by atoms with Gasteiger partial charge in [0, 0.05) is 45.9 Å². The quantitative estimate of drug-likeness (QED) is 0.499. The summed E-state index contributed by atoms with van der Waals surface area (Å²) < 4.78 is 10.5. The van der Waals surface area contributed by atoms with Gasteiger partial charge in [0.05, 0.1) is 6.61 Å². The number of nitrogens with two attached hydrogens (primary N) is 1. The lowest BCUT2D eigenvalue weighted by molar-refractivity contribution is -0.122. The van der Waals surface area contributed by atoms with Crippen LogP contribution < -0.4 is 11.1 Å². The Balaban J connectivity index is 1.79. The number of primary amides is 1. The van der Waals surface area contributed by atoms with E-state index in [-0.39, 0.29) is 6.61 Å². The van der Waals surface area contributed by atoms with E-state index in [4.69, 9.17) is 15.2 Å². The van der Waals surface area contributed by atoms with Gasteiger partial charge in [-0.25, -0.2) is 0 Å². The Bertz CT molecular complexity index is 208. The highest BCUT2D eigenvalue weighted by atomic mass is 16.5. The fourth-order valence-electron chi connectivity index (χ4n) is 1.67. The first-order valence-corrected chi connectivity index (χ1v) is 6.16. The Labute approximate surface area is 102 Å². The van der Waals surface area contributed by atoms with Gasteiger partial charge >= 0.3 is 0 Å². The molecule has 3 N–H and O–H groups in total. The van der Waals surface area contributed by atoms with Crippen LogP contribution in [-0.2, 0) is 14.3 Å². The Morgan fingerprint density at radius 1 is 1.18 bits per heavy atom. The lowest BCUT2D eigenvalue weighted by atomic mass is 10.3. The minimum absolute atomic E-state index is 0.000772. The Morgan fingerprint density at radius 3 is 2.59 bits per heavy atom. The van der Waals surface area contributed by atoms with Crippen LogP contribution in [0.5, 0.6) is 0 Å². The molecular weight excluding hydrogens is 222 g/mol. The van der Waals surface area contributed by atoms with Crippen LogP contribution in [0.15, 0.2) is 0 Å². The molecule has 1 rings (SSSR count). The van der Waals surface area contributed by atoms with Gasteiger partial charge in [-0.1, -0.05) is 0 Å². The molecule has 0 aromatic rings. The lowest BCUT2D eigenvalue weighted by Crippen LogP contribution is -2.44. The summed E-state index contributed by atoms with van der Waals surface area (Å²) in [7, 11) is 0. The smallest absolute Gasteiger partial charge is 0.243 e. The van der Waals surface area contributed by atoms with Gasteiger partial charge in [0.15, 0.2) is 0 Å². The van der Waals surface area contributed by atoms with Gasteiger partial charge in [-0.2, -0.15) is 0 Å². The number of hydrogen-bond donors (Lipinski definition) is 2. The van der Waals surface area contributed by atoms with Crippen LogP contribution in [0.1, 0.15) is 6.42 Å². The molecule has 1 heterocycles. The zero-order valence-corrected chi connectivity index (χ0v) is 10.3. The zero-order chi connectivity index (χ0) is 12.3. The second kappa shape index (κ2) is 9.35. The molecule has 0 aliphatic carbocycles. The van der Waals surface area contributed by atoms with Crippen molar-refractivity contribution in [3.63, 3.8) is 0 Å². The minimum Gasteiger partial charge on any atom is -0.380 e. The molecule has 1 aliphatic rings. The first-order valence-electron chi connectivity index (χ1n) is 6.16. The van der Waals surface area contributed by atoms with Crippen molar-refractivity contribution in [2.24, 2.45) is 5.73 Å². The number of nitrogens with one attached hydrogen (secondary N) is 1. The number of rotatable bonds is 9. The number of carbonyl (C=O) groups is 1. The SMILES string of the molecule is NC(=O)COCCCOCCN1CCNCC1. The Kier molecular flexibility index (Phi) is 7.91. The van der Waals surface area contributed by atoms with Crippen molar-refractivity contribution >= 4 is 5.91 Å². The van der Waals surface area contributed by atoms with Gasteiger partial charge in [0.1, 0.15) is 6.61 Å². The van der Waals surface area contributed by atoms with Gasteiger partial charge in [-0.3, -0.25) is 9.69 Å². The average molecular weight is 245 g/mol. The third-order valence-corrected chi connectivity index (χ3v) is 2.58.